The molecule has 0 radical (unpaired) electrons. The van der Waals surface area contributed by atoms with Crippen LogP contribution in [0.2, 0.25) is 5.02 Å². The van der Waals surface area contributed by atoms with Gasteiger partial charge in [-0.25, -0.2) is 9.78 Å². The molecule has 3 saturated heterocycles. The fraction of sp³-hybridized carbons (Fsp3) is 0.632. The predicted octanol–water partition coefficient (Wildman–Crippen LogP) is 1.19. The van der Waals surface area contributed by atoms with Gasteiger partial charge in [0.1, 0.15) is 5.82 Å². The van der Waals surface area contributed by atoms with Gasteiger partial charge in [-0.15, -0.1) is 0 Å². The number of nitrogens with zero attached hydrogens (tertiary/aromatic N) is 4. The van der Waals surface area contributed by atoms with Crippen LogP contribution >= 0.6 is 11.6 Å². The van der Waals surface area contributed by atoms with Crippen molar-refractivity contribution in [2.45, 2.75) is 12.8 Å². The number of carbonyl (C=O) groups excluding carboxylic acids is 1. The fourth-order valence-corrected chi connectivity index (χ4v) is 4.69. The van der Waals surface area contributed by atoms with Crippen molar-refractivity contribution >= 4 is 29.3 Å². The number of carbonyl (C=O) groups is 2. The lowest BCUT2D eigenvalue weighted by molar-refractivity contribution is -0.135. The number of anilines is 1. The summed E-state index contributed by atoms with van der Waals surface area (Å²) in [7, 11) is 0. The molecule has 1 amide bonds. The van der Waals surface area contributed by atoms with Gasteiger partial charge in [0, 0.05) is 52.0 Å². The number of halogens is 1. The molecule has 1 aromatic heterocycles. The molecule has 0 saturated carbocycles. The third kappa shape index (κ3) is 3.68. The summed E-state index contributed by atoms with van der Waals surface area (Å²) < 4.78 is 5.38. The van der Waals surface area contributed by atoms with E-state index in [0.717, 1.165) is 58.8 Å². The van der Waals surface area contributed by atoms with Crippen molar-refractivity contribution in [2.24, 2.45) is 5.41 Å². The third-order valence-corrected chi connectivity index (χ3v) is 6.39. The van der Waals surface area contributed by atoms with Crippen LogP contribution in [0, 0.1) is 5.41 Å². The van der Waals surface area contributed by atoms with Gasteiger partial charge in [-0.2, -0.15) is 0 Å². The number of morpholine rings is 1. The first kappa shape index (κ1) is 19.4. The van der Waals surface area contributed by atoms with Crippen molar-refractivity contribution in [1.82, 2.24) is 14.8 Å². The molecule has 1 atom stereocenters. The van der Waals surface area contributed by atoms with Gasteiger partial charge in [0.05, 0.1) is 29.2 Å². The minimum atomic E-state index is -1.05. The number of amides is 1. The molecule has 152 valence electrons. The number of aromatic nitrogens is 1. The molecule has 0 aromatic carbocycles. The van der Waals surface area contributed by atoms with E-state index < -0.39 is 5.97 Å². The smallest absolute Gasteiger partial charge is 0.337 e. The molecule has 4 rings (SSSR count). The topological polar surface area (TPSA) is 86.2 Å². The summed E-state index contributed by atoms with van der Waals surface area (Å²) in [6.45, 7) is 7.10. The van der Waals surface area contributed by atoms with Crippen LogP contribution in [0.15, 0.2) is 12.3 Å². The first-order chi connectivity index (χ1) is 13.5. The van der Waals surface area contributed by atoms with Gasteiger partial charge in [0.2, 0.25) is 5.91 Å². The Bertz CT molecular complexity index is 770. The van der Waals surface area contributed by atoms with Crippen LogP contribution in [-0.2, 0) is 9.53 Å². The number of aromatic carboxylic acids is 1. The second-order valence-electron chi connectivity index (χ2n) is 7.78. The number of carboxylic acids is 1. The maximum Gasteiger partial charge on any atom is 0.337 e. The van der Waals surface area contributed by atoms with E-state index in [1.54, 1.807) is 0 Å². The molecule has 0 aliphatic carbocycles. The maximum atomic E-state index is 13.1. The molecule has 1 N–H and O–H groups in total. The second kappa shape index (κ2) is 7.85. The van der Waals surface area contributed by atoms with Gasteiger partial charge >= 0.3 is 5.97 Å². The van der Waals surface area contributed by atoms with Gasteiger partial charge in [-0.05, 0) is 18.9 Å². The van der Waals surface area contributed by atoms with Crippen molar-refractivity contribution in [3.8, 4) is 0 Å². The van der Waals surface area contributed by atoms with Crippen LogP contribution in [0.5, 0.6) is 0 Å². The van der Waals surface area contributed by atoms with E-state index in [9.17, 15) is 9.59 Å². The monoisotopic (exact) mass is 408 g/mol. The van der Waals surface area contributed by atoms with Crippen molar-refractivity contribution < 1.29 is 19.4 Å². The molecule has 1 spiro atoms. The van der Waals surface area contributed by atoms with Crippen molar-refractivity contribution in [3.05, 3.63) is 22.8 Å². The Hall–Kier alpha value is -1.90. The van der Waals surface area contributed by atoms with E-state index in [1.165, 1.54) is 12.3 Å². The van der Waals surface area contributed by atoms with Gasteiger partial charge in [-0.3, -0.25) is 9.69 Å². The van der Waals surface area contributed by atoms with Crippen molar-refractivity contribution in [2.75, 3.05) is 63.9 Å². The standard InChI is InChI=1S/C19H25ClN4O4/c20-15-11-14(17(25)26)12-21-16(15)24-4-2-19(13-24)1-3-23(18(19)27)6-5-22-7-9-28-10-8-22/h11-12H,1-10,13H2,(H,25,26). The third-order valence-electron chi connectivity index (χ3n) is 6.11. The zero-order valence-electron chi connectivity index (χ0n) is 15.8. The van der Waals surface area contributed by atoms with E-state index in [1.807, 2.05) is 9.80 Å². The number of hydrogen-bond donors (Lipinski definition) is 1. The summed E-state index contributed by atoms with van der Waals surface area (Å²) >= 11 is 6.27. The summed E-state index contributed by atoms with van der Waals surface area (Å²) in [5, 5.41) is 9.38. The maximum absolute atomic E-state index is 13.1. The van der Waals surface area contributed by atoms with E-state index in [2.05, 4.69) is 9.88 Å². The van der Waals surface area contributed by atoms with Crippen molar-refractivity contribution in [1.29, 1.82) is 0 Å². The Morgan fingerprint density at radius 1 is 1.21 bits per heavy atom. The molecule has 1 aromatic rings. The molecule has 0 bridgehead atoms. The highest BCUT2D eigenvalue weighted by Crippen LogP contribution is 2.42. The predicted molar refractivity (Wildman–Crippen MR) is 104 cm³/mol. The highest BCUT2D eigenvalue weighted by Gasteiger charge is 2.51. The molecule has 3 aliphatic rings. The Morgan fingerprint density at radius 2 is 1.96 bits per heavy atom. The SMILES string of the molecule is O=C(O)c1cnc(N2CCC3(CCN(CCN4CCOCC4)C3=O)C2)c(Cl)c1. The number of ether oxygens (including phenoxy) is 1. The van der Waals surface area contributed by atoms with Gasteiger partial charge in [-0.1, -0.05) is 11.6 Å². The summed E-state index contributed by atoms with van der Waals surface area (Å²) in [5.41, 5.74) is -0.310. The normalized spacial score (nSPS) is 25.8. The zero-order chi connectivity index (χ0) is 19.7. The lowest BCUT2D eigenvalue weighted by atomic mass is 9.85. The summed E-state index contributed by atoms with van der Waals surface area (Å²) in [5.74, 6) is -0.273. The average Bonchev–Trinajstić information content (AvgIpc) is 3.26. The van der Waals surface area contributed by atoms with E-state index in [-0.39, 0.29) is 16.9 Å². The molecule has 1 unspecified atom stereocenters. The minimum Gasteiger partial charge on any atom is -0.478 e. The lowest BCUT2D eigenvalue weighted by Crippen LogP contribution is -2.43. The highest BCUT2D eigenvalue weighted by atomic mass is 35.5. The van der Waals surface area contributed by atoms with Gasteiger partial charge < -0.3 is 19.6 Å². The number of hydrogen-bond acceptors (Lipinski definition) is 6. The Kier molecular flexibility index (Phi) is 5.44. The molecule has 28 heavy (non-hydrogen) atoms. The van der Waals surface area contributed by atoms with Crippen LogP contribution in [0.3, 0.4) is 0 Å². The van der Waals surface area contributed by atoms with Crippen LogP contribution in [0.4, 0.5) is 5.82 Å². The molecule has 3 aliphatic heterocycles. The molecule has 4 heterocycles. The van der Waals surface area contributed by atoms with Crippen LogP contribution in [-0.4, -0.2) is 90.8 Å². The highest BCUT2D eigenvalue weighted by molar-refractivity contribution is 6.33. The van der Waals surface area contributed by atoms with E-state index in [0.29, 0.717) is 23.9 Å². The quantitative estimate of drug-likeness (QED) is 0.783. The van der Waals surface area contributed by atoms with E-state index >= 15 is 0 Å². The Morgan fingerprint density at radius 3 is 2.68 bits per heavy atom. The number of rotatable bonds is 5. The number of pyridine rings is 1. The minimum absolute atomic E-state index is 0.0638. The molecule has 9 heteroatoms. The van der Waals surface area contributed by atoms with Crippen LogP contribution in [0.1, 0.15) is 23.2 Å². The van der Waals surface area contributed by atoms with E-state index in [4.69, 9.17) is 21.4 Å². The summed E-state index contributed by atoms with van der Waals surface area (Å²) in [4.78, 5) is 34.8. The Balaban J connectivity index is 1.39. The zero-order valence-corrected chi connectivity index (χ0v) is 16.5. The van der Waals surface area contributed by atoms with Crippen molar-refractivity contribution in [3.63, 3.8) is 0 Å². The Labute approximate surface area is 169 Å². The lowest BCUT2D eigenvalue weighted by Gasteiger charge is -2.29. The summed E-state index contributed by atoms with van der Waals surface area (Å²) in [6.07, 6.45) is 2.94. The first-order valence-electron chi connectivity index (χ1n) is 9.72. The van der Waals surface area contributed by atoms with Gasteiger partial charge in [0.25, 0.3) is 0 Å². The summed E-state index contributed by atoms with van der Waals surface area (Å²) in [6, 6.07) is 1.42. The largest absolute Gasteiger partial charge is 0.478 e. The molecule has 3 fully saturated rings. The molecule has 8 nitrogen and oxygen atoms in total. The van der Waals surface area contributed by atoms with Crippen LogP contribution in [0.25, 0.3) is 0 Å². The van der Waals surface area contributed by atoms with Gasteiger partial charge in [0.15, 0.2) is 0 Å². The fourth-order valence-electron chi connectivity index (χ4n) is 4.41. The van der Waals surface area contributed by atoms with Crippen LogP contribution < -0.4 is 4.90 Å². The number of likely N-dealkylation sites (tertiary alicyclic amines) is 1. The molecular weight excluding hydrogens is 384 g/mol. The number of carboxylic acid groups (broad SMARTS) is 1. The first-order valence-corrected chi connectivity index (χ1v) is 10.1. The molecular formula is C19H25ClN4O4. The average molecular weight is 409 g/mol. The second-order valence-corrected chi connectivity index (χ2v) is 8.19.